The lowest BCUT2D eigenvalue weighted by Gasteiger charge is -2.06. The summed E-state index contributed by atoms with van der Waals surface area (Å²) in [6.45, 7) is 3.75. The zero-order valence-corrected chi connectivity index (χ0v) is 11.4. The van der Waals surface area contributed by atoms with Gasteiger partial charge in [0.05, 0.1) is 11.1 Å². The van der Waals surface area contributed by atoms with Crippen LogP contribution in [0.15, 0.2) is 6.07 Å². The van der Waals surface area contributed by atoms with Crippen molar-refractivity contribution in [3.63, 3.8) is 0 Å². The van der Waals surface area contributed by atoms with E-state index in [2.05, 4.69) is 10.3 Å². The summed E-state index contributed by atoms with van der Waals surface area (Å²) in [5.74, 6) is 0.0475. The Labute approximate surface area is 114 Å². The molecule has 0 saturated heterocycles. The van der Waals surface area contributed by atoms with Gasteiger partial charge in [-0.05, 0) is 19.9 Å². The lowest BCUT2D eigenvalue weighted by molar-refractivity contribution is -0.323. The van der Waals surface area contributed by atoms with Gasteiger partial charge < -0.3 is 11.1 Å². The van der Waals surface area contributed by atoms with Crippen molar-refractivity contribution in [1.82, 2.24) is 5.32 Å². The van der Waals surface area contributed by atoms with E-state index >= 15 is 0 Å². The van der Waals surface area contributed by atoms with E-state index in [4.69, 9.17) is 16.7 Å². The monoisotopic (exact) mass is 276 g/mol. The van der Waals surface area contributed by atoms with E-state index in [1.807, 2.05) is 19.9 Å². The molecule has 2 rings (SSSR count). The highest BCUT2D eigenvalue weighted by Gasteiger charge is 2.20. The number of aromatic nitrogens is 1. The largest absolute Gasteiger partial charge is 0.397 e. The van der Waals surface area contributed by atoms with Gasteiger partial charge in [-0.15, -0.1) is 0 Å². The average molecular weight is 276 g/mol. The molecule has 2 heterocycles. The van der Waals surface area contributed by atoms with Crippen LogP contribution in [0.3, 0.4) is 0 Å². The number of anilines is 2. The molecule has 0 aliphatic heterocycles. The molecule has 0 unspecified atom stereocenters. The summed E-state index contributed by atoms with van der Waals surface area (Å²) in [6.07, 6.45) is 0. The molecule has 0 aliphatic rings. The van der Waals surface area contributed by atoms with Crippen LogP contribution < -0.4 is 21.8 Å². The fourth-order valence-corrected chi connectivity index (χ4v) is 2.71. The van der Waals surface area contributed by atoms with Gasteiger partial charge in [0.2, 0.25) is 0 Å². The highest BCUT2D eigenvalue weighted by atomic mass is 32.1. The molecule has 7 heteroatoms. The maximum atomic E-state index is 12.0. The van der Waals surface area contributed by atoms with Crippen molar-refractivity contribution >= 4 is 39.0 Å². The molecule has 0 aliphatic carbocycles. The third-order valence-electron chi connectivity index (χ3n) is 2.56. The Morgan fingerprint density at radius 1 is 1.53 bits per heavy atom. The van der Waals surface area contributed by atoms with Gasteiger partial charge in [-0.25, -0.2) is 4.98 Å². The van der Waals surface area contributed by atoms with Crippen LogP contribution in [0.5, 0.6) is 0 Å². The van der Waals surface area contributed by atoms with Crippen LogP contribution in [0.2, 0.25) is 0 Å². The number of carbonyl (C=O) groups is 1. The summed E-state index contributed by atoms with van der Waals surface area (Å²) in [4.78, 5) is 16.0. The van der Waals surface area contributed by atoms with Crippen molar-refractivity contribution in [2.75, 3.05) is 11.5 Å². The first-order chi connectivity index (χ1) is 8.93. The van der Waals surface area contributed by atoms with Gasteiger partial charge in [-0.1, -0.05) is 11.3 Å². The standard InChI is InChI=1S/C12H13N5OS/c1-5(2)16-11(18)9-8(14)7-3-6(4-13)10(15)17-12(7)19-9/h3,5H,14H2,1-2H3,(H2,15,17)(H,16,18)/p+1. The van der Waals surface area contributed by atoms with Crippen LogP contribution in [0.4, 0.5) is 11.5 Å². The van der Waals surface area contributed by atoms with Crippen LogP contribution in [-0.2, 0) is 0 Å². The third-order valence-corrected chi connectivity index (χ3v) is 3.69. The van der Waals surface area contributed by atoms with E-state index in [0.717, 1.165) is 0 Å². The predicted molar refractivity (Wildman–Crippen MR) is 74.5 cm³/mol. The van der Waals surface area contributed by atoms with Crippen molar-refractivity contribution in [2.24, 2.45) is 0 Å². The number of nitriles is 1. The van der Waals surface area contributed by atoms with Crippen LogP contribution in [0, 0.1) is 11.3 Å². The normalized spacial score (nSPS) is 10.6. The summed E-state index contributed by atoms with van der Waals surface area (Å²) in [5.41, 5.74) is 12.3. The van der Waals surface area contributed by atoms with Crippen molar-refractivity contribution in [1.29, 1.82) is 5.26 Å². The highest BCUT2D eigenvalue weighted by molar-refractivity contribution is 7.20. The summed E-state index contributed by atoms with van der Waals surface area (Å²) in [6, 6.07) is 3.60. The zero-order valence-electron chi connectivity index (χ0n) is 10.6. The fourth-order valence-electron chi connectivity index (χ4n) is 1.69. The average Bonchev–Trinajstić information content (AvgIpc) is 2.64. The predicted octanol–water partition coefficient (Wildman–Crippen LogP) is 0.890. The van der Waals surface area contributed by atoms with Gasteiger partial charge in [0.15, 0.2) is 4.83 Å². The van der Waals surface area contributed by atoms with Gasteiger partial charge in [0.1, 0.15) is 16.5 Å². The van der Waals surface area contributed by atoms with Gasteiger partial charge >= 0.3 is 0 Å². The minimum atomic E-state index is -0.223. The fraction of sp³-hybridized carbons (Fsp3) is 0.250. The number of aromatic amines is 1. The molecular weight excluding hydrogens is 262 g/mol. The first-order valence-corrected chi connectivity index (χ1v) is 6.50. The van der Waals surface area contributed by atoms with E-state index in [1.165, 1.54) is 11.3 Å². The number of nitrogens with zero attached hydrogens (tertiary/aromatic N) is 1. The maximum absolute atomic E-state index is 12.0. The van der Waals surface area contributed by atoms with E-state index in [1.54, 1.807) is 6.07 Å². The van der Waals surface area contributed by atoms with Crippen LogP contribution in [0.25, 0.3) is 10.2 Å². The smallest absolute Gasteiger partial charge is 0.289 e. The number of rotatable bonds is 2. The van der Waals surface area contributed by atoms with E-state index in [-0.39, 0.29) is 17.8 Å². The lowest BCUT2D eigenvalue weighted by Crippen LogP contribution is -2.29. The van der Waals surface area contributed by atoms with Crippen LogP contribution >= 0.6 is 11.3 Å². The quantitative estimate of drug-likeness (QED) is 0.754. The summed E-state index contributed by atoms with van der Waals surface area (Å²) < 4.78 is 0. The number of H-pyrrole nitrogens is 1. The van der Waals surface area contributed by atoms with E-state index in [9.17, 15) is 4.79 Å². The summed E-state index contributed by atoms with van der Waals surface area (Å²) in [7, 11) is 0. The molecule has 0 atom stereocenters. The van der Waals surface area contributed by atoms with Gasteiger partial charge in [-0.2, -0.15) is 5.26 Å². The number of nitrogens with two attached hydrogens (primary N) is 2. The third kappa shape index (κ3) is 2.30. The highest BCUT2D eigenvalue weighted by Crippen LogP contribution is 2.32. The molecule has 0 fully saturated rings. The Bertz CT molecular complexity index is 698. The number of pyridine rings is 1. The van der Waals surface area contributed by atoms with E-state index in [0.29, 0.717) is 26.3 Å². The SMILES string of the molecule is CC(C)NC(=O)c1sc2[nH+]c(N)c(C#N)cc2c1N. The molecule has 0 spiro atoms. The Kier molecular flexibility index (Phi) is 3.27. The topological polar surface area (TPSA) is 119 Å². The second kappa shape index (κ2) is 4.74. The molecule has 19 heavy (non-hydrogen) atoms. The summed E-state index contributed by atoms with van der Waals surface area (Å²) >= 11 is 1.23. The van der Waals surface area contributed by atoms with Gasteiger partial charge in [-0.3, -0.25) is 10.5 Å². The Hall–Kier alpha value is -2.33. The number of hydrogen-bond acceptors (Lipinski definition) is 5. The molecule has 2 aromatic rings. The molecule has 6 N–H and O–H groups in total. The molecule has 0 saturated carbocycles. The van der Waals surface area contributed by atoms with E-state index < -0.39 is 0 Å². The first-order valence-electron chi connectivity index (χ1n) is 5.68. The van der Waals surface area contributed by atoms with Gasteiger partial charge in [0, 0.05) is 6.04 Å². The van der Waals surface area contributed by atoms with Crippen molar-refractivity contribution in [3.05, 3.63) is 16.5 Å². The van der Waals surface area contributed by atoms with Gasteiger partial charge in [0.25, 0.3) is 11.7 Å². The number of fused-ring (bicyclic) bond motifs is 1. The molecule has 2 aromatic heterocycles. The number of amides is 1. The molecule has 0 bridgehead atoms. The molecular formula is C12H14N5OS+. The van der Waals surface area contributed by atoms with Crippen LogP contribution in [0.1, 0.15) is 29.1 Å². The Balaban J connectivity index is 2.57. The number of thiophene rings is 1. The number of carbonyl (C=O) groups excluding carboxylic acids is 1. The van der Waals surface area contributed by atoms with Crippen molar-refractivity contribution in [2.45, 2.75) is 19.9 Å². The Morgan fingerprint density at radius 3 is 2.79 bits per heavy atom. The lowest BCUT2D eigenvalue weighted by atomic mass is 10.2. The molecule has 98 valence electrons. The Morgan fingerprint density at radius 2 is 2.21 bits per heavy atom. The molecule has 0 radical (unpaired) electrons. The second-order valence-electron chi connectivity index (χ2n) is 4.42. The first kappa shape index (κ1) is 13.1. The number of hydrogen-bond donors (Lipinski definition) is 3. The van der Waals surface area contributed by atoms with Crippen LogP contribution in [-0.4, -0.2) is 11.9 Å². The molecule has 1 amide bonds. The summed E-state index contributed by atoms with van der Waals surface area (Å²) in [5, 5.41) is 12.4. The number of nitrogen functional groups attached to an aromatic ring is 2. The minimum absolute atomic E-state index is 0.0285. The minimum Gasteiger partial charge on any atom is -0.397 e. The van der Waals surface area contributed by atoms with Crippen molar-refractivity contribution < 1.29 is 9.78 Å². The maximum Gasteiger partial charge on any atom is 0.289 e. The molecule has 6 nitrogen and oxygen atoms in total. The second-order valence-corrected chi connectivity index (χ2v) is 5.44. The number of nitrogens with one attached hydrogen (secondary N) is 2. The molecule has 0 aromatic carbocycles. The zero-order chi connectivity index (χ0) is 14.2. The van der Waals surface area contributed by atoms with Crippen molar-refractivity contribution in [3.8, 4) is 6.07 Å².